The van der Waals surface area contributed by atoms with Crippen LogP contribution in [0.2, 0.25) is 0 Å². The van der Waals surface area contributed by atoms with Crippen LogP contribution in [0, 0.1) is 5.41 Å². The lowest BCUT2D eigenvalue weighted by molar-refractivity contribution is -0.148. The fraction of sp³-hybridized carbons (Fsp3) is 0.700. The molecular weight excluding hydrogens is 316 g/mol. The molecular formula is C20H32N2O3. The topological polar surface area (TPSA) is 51.7 Å². The first-order valence-electron chi connectivity index (χ1n) is 9.05. The van der Waals surface area contributed by atoms with Crippen molar-refractivity contribution in [1.82, 2.24) is 9.88 Å². The number of hydrogen-bond donors (Lipinski definition) is 0. The standard InChI is InChI=1S/C20H32N2O3/c1-19(2,3)25-14-20(4,5)18(23)22-11-8-15(9-12-22)16-7-10-21-13-17(16)24-6/h7,10,13,15H,8-9,11-12,14H2,1-6H3. The predicted molar refractivity (Wildman–Crippen MR) is 98.8 cm³/mol. The molecule has 0 radical (unpaired) electrons. The van der Waals surface area contributed by atoms with Crippen LogP contribution in [0.4, 0.5) is 0 Å². The van der Waals surface area contributed by atoms with Crippen molar-refractivity contribution in [2.24, 2.45) is 5.41 Å². The summed E-state index contributed by atoms with van der Waals surface area (Å²) in [6.45, 7) is 12.0. The molecule has 25 heavy (non-hydrogen) atoms. The molecule has 0 aromatic carbocycles. The zero-order valence-corrected chi connectivity index (χ0v) is 16.5. The maximum absolute atomic E-state index is 12.9. The molecule has 0 aliphatic carbocycles. The summed E-state index contributed by atoms with van der Waals surface area (Å²) >= 11 is 0. The van der Waals surface area contributed by atoms with Gasteiger partial charge in [0.15, 0.2) is 0 Å². The highest BCUT2D eigenvalue weighted by atomic mass is 16.5. The summed E-state index contributed by atoms with van der Waals surface area (Å²) in [5.74, 6) is 1.43. The Kier molecular flexibility index (Phi) is 6.09. The van der Waals surface area contributed by atoms with E-state index in [0.717, 1.165) is 31.7 Å². The summed E-state index contributed by atoms with van der Waals surface area (Å²) in [6, 6.07) is 2.03. The van der Waals surface area contributed by atoms with Crippen LogP contribution in [0.1, 0.15) is 58.9 Å². The van der Waals surface area contributed by atoms with E-state index in [1.807, 2.05) is 51.8 Å². The summed E-state index contributed by atoms with van der Waals surface area (Å²) in [7, 11) is 1.68. The number of methoxy groups -OCH3 is 1. The summed E-state index contributed by atoms with van der Waals surface area (Å²) in [4.78, 5) is 19.0. The first-order chi connectivity index (χ1) is 11.6. The van der Waals surface area contributed by atoms with Crippen LogP contribution in [0.25, 0.3) is 0 Å². The fourth-order valence-corrected chi connectivity index (χ4v) is 3.18. The molecule has 140 valence electrons. The van der Waals surface area contributed by atoms with Gasteiger partial charge in [0.25, 0.3) is 0 Å². The van der Waals surface area contributed by atoms with Crippen LogP contribution in [0.15, 0.2) is 18.5 Å². The normalized spacial score (nSPS) is 16.8. The Morgan fingerprint density at radius 3 is 2.44 bits per heavy atom. The van der Waals surface area contributed by atoms with Gasteiger partial charge in [-0.1, -0.05) is 0 Å². The maximum Gasteiger partial charge on any atom is 0.230 e. The first-order valence-corrected chi connectivity index (χ1v) is 9.05. The highest BCUT2D eigenvalue weighted by Crippen LogP contribution is 2.34. The smallest absolute Gasteiger partial charge is 0.230 e. The van der Waals surface area contributed by atoms with Gasteiger partial charge < -0.3 is 14.4 Å². The quantitative estimate of drug-likeness (QED) is 0.815. The van der Waals surface area contributed by atoms with E-state index in [1.165, 1.54) is 5.56 Å². The Balaban J connectivity index is 1.96. The van der Waals surface area contributed by atoms with Gasteiger partial charge in [0.2, 0.25) is 5.91 Å². The number of piperidine rings is 1. The van der Waals surface area contributed by atoms with Crippen molar-refractivity contribution >= 4 is 5.91 Å². The van der Waals surface area contributed by atoms with Gasteiger partial charge in [0.1, 0.15) is 5.75 Å². The molecule has 1 aliphatic heterocycles. The lowest BCUT2D eigenvalue weighted by Crippen LogP contribution is -2.47. The molecule has 1 amide bonds. The molecule has 1 fully saturated rings. The number of nitrogens with zero attached hydrogens (tertiary/aromatic N) is 2. The van der Waals surface area contributed by atoms with Gasteiger partial charge in [-0.3, -0.25) is 9.78 Å². The van der Waals surface area contributed by atoms with Crippen LogP contribution < -0.4 is 4.74 Å². The minimum absolute atomic E-state index is 0.178. The van der Waals surface area contributed by atoms with E-state index in [4.69, 9.17) is 9.47 Å². The average Bonchev–Trinajstić information content (AvgIpc) is 2.59. The number of ether oxygens (including phenoxy) is 2. The Morgan fingerprint density at radius 2 is 1.88 bits per heavy atom. The van der Waals surface area contributed by atoms with Crippen LogP contribution in [-0.2, 0) is 9.53 Å². The molecule has 5 nitrogen and oxygen atoms in total. The number of rotatable bonds is 5. The maximum atomic E-state index is 12.9. The molecule has 2 heterocycles. The number of amides is 1. The van der Waals surface area contributed by atoms with E-state index in [-0.39, 0.29) is 11.5 Å². The van der Waals surface area contributed by atoms with E-state index in [1.54, 1.807) is 13.3 Å². The van der Waals surface area contributed by atoms with Crippen molar-refractivity contribution in [3.05, 3.63) is 24.0 Å². The lowest BCUT2D eigenvalue weighted by atomic mass is 9.87. The Labute approximate surface area is 151 Å². The molecule has 1 aromatic heterocycles. The van der Waals surface area contributed by atoms with Crippen molar-refractivity contribution in [3.8, 4) is 5.75 Å². The summed E-state index contributed by atoms with van der Waals surface area (Å²) < 4.78 is 11.3. The minimum Gasteiger partial charge on any atom is -0.495 e. The van der Waals surface area contributed by atoms with Crippen LogP contribution >= 0.6 is 0 Å². The van der Waals surface area contributed by atoms with Gasteiger partial charge in [0, 0.05) is 24.8 Å². The van der Waals surface area contributed by atoms with E-state index >= 15 is 0 Å². The lowest BCUT2D eigenvalue weighted by Gasteiger charge is -2.38. The minimum atomic E-state index is -0.505. The zero-order valence-electron chi connectivity index (χ0n) is 16.5. The molecule has 0 saturated carbocycles. The van der Waals surface area contributed by atoms with Gasteiger partial charge in [-0.15, -0.1) is 0 Å². The summed E-state index contributed by atoms with van der Waals surface area (Å²) in [5.41, 5.74) is 0.455. The first kappa shape index (κ1) is 19.7. The summed E-state index contributed by atoms with van der Waals surface area (Å²) in [5, 5.41) is 0. The fourth-order valence-electron chi connectivity index (χ4n) is 3.18. The van der Waals surface area contributed by atoms with Crippen LogP contribution in [-0.4, -0.2) is 48.2 Å². The summed E-state index contributed by atoms with van der Waals surface area (Å²) in [6.07, 6.45) is 5.47. The van der Waals surface area contributed by atoms with E-state index in [2.05, 4.69) is 4.98 Å². The van der Waals surface area contributed by atoms with Crippen LogP contribution in [0.5, 0.6) is 5.75 Å². The Morgan fingerprint density at radius 1 is 1.24 bits per heavy atom. The van der Waals surface area contributed by atoms with Crippen LogP contribution in [0.3, 0.4) is 0 Å². The SMILES string of the molecule is COc1cnccc1C1CCN(C(=O)C(C)(C)COC(C)(C)C)CC1. The number of hydrogen-bond acceptors (Lipinski definition) is 4. The second kappa shape index (κ2) is 7.73. The van der Waals surface area contributed by atoms with Crippen molar-refractivity contribution < 1.29 is 14.3 Å². The number of carbonyl (C=O) groups excluding carboxylic acids is 1. The third-order valence-corrected chi connectivity index (χ3v) is 4.70. The number of pyridine rings is 1. The molecule has 0 unspecified atom stereocenters. The second-order valence-corrected chi connectivity index (χ2v) is 8.47. The Hall–Kier alpha value is -1.62. The Bertz CT molecular complexity index is 585. The number of carbonyl (C=O) groups is 1. The van der Waals surface area contributed by atoms with E-state index < -0.39 is 5.41 Å². The van der Waals surface area contributed by atoms with Crippen molar-refractivity contribution in [1.29, 1.82) is 0 Å². The highest BCUT2D eigenvalue weighted by Gasteiger charge is 2.35. The highest BCUT2D eigenvalue weighted by molar-refractivity contribution is 5.82. The molecule has 2 rings (SSSR count). The number of aromatic nitrogens is 1. The van der Waals surface area contributed by atoms with E-state index in [0.29, 0.717) is 12.5 Å². The van der Waals surface area contributed by atoms with Gasteiger partial charge in [-0.25, -0.2) is 0 Å². The van der Waals surface area contributed by atoms with Crippen molar-refractivity contribution in [3.63, 3.8) is 0 Å². The molecule has 0 N–H and O–H groups in total. The molecule has 1 saturated heterocycles. The van der Waals surface area contributed by atoms with Gasteiger partial charge in [-0.05, 0) is 59.4 Å². The van der Waals surface area contributed by atoms with Gasteiger partial charge in [-0.2, -0.15) is 0 Å². The second-order valence-electron chi connectivity index (χ2n) is 8.47. The molecule has 0 spiro atoms. The van der Waals surface area contributed by atoms with Gasteiger partial charge in [0.05, 0.1) is 30.9 Å². The van der Waals surface area contributed by atoms with Crippen molar-refractivity contribution in [2.45, 2.75) is 59.0 Å². The van der Waals surface area contributed by atoms with E-state index in [9.17, 15) is 4.79 Å². The molecule has 1 aromatic rings. The van der Waals surface area contributed by atoms with Crippen molar-refractivity contribution in [2.75, 3.05) is 26.8 Å². The average molecular weight is 348 g/mol. The zero-order chi connectivity index (χ0) is 18.7. The third kappa shape index (κ3) is 5.18. The third-order valence-electron chi connectivity index (χ3n) is 4.70. The number of likely N-dealkylation sites (tertiary alicyclic amines) is 1. The molecule has 1 aliphatic rings. The monoisotopic (exact) mass is 348 g/mol. The molecule has 5 heteroatoms. The molecule has 0 bridgehead atoms. The molecule has 0 atom stereocenters. The largest absolute Gasteiger partial charge is 0.495 e. The van der Waals surface area contributed by atoms with Gasteiger partial charge >= 0.3 is 0 Å². The predicted octanol–water partition coefficient (Wildman–Crippen LogP) is 3.64.